The minimum atomic E-state index is -0.650. The summed E-state index contributed by atoms with van der Waals surface area (Å²) < 4.78 is 14.1. The quantitative estimate of drug-likeness (QED) is 0.508. The molecule has 0 aliphatic carbocycles. The fourth-order valence-corrected chi connectivity index (χ4v) is 1.26. The maximum Gasteiger partial charge on any atom is 0.339 e. The number of benzene rings is 1. The van der Waals surface area contributed by atoms with Crippen LogP contribution in [0, 0.1) is 0 Å². The van der Waals surface area contributed by atoms with Crippen molar-refractivity contribution in [3.8, 4) is 0 Å². The number of carbonyl (C=O) groups is 2. The highest BCUT2D eigenvalue weighted by molar-refractivity contribution is 6.03. The number of ether oxygens (including phenoxy) is 3. The van der Waals surface area contributed by atoms with Gasteiger partial charge in [-0.15, -0.1) is 6.58 Å². The lowest BCUT2D eigenvalue weighted by atomic mass is 10.1. The molecule has 0 aromatic heterocycles. The van der Waals surface area contributed by atoms with Gasteiger partial charge in [0.15, 0.2) is 0 Å². The predicted molar refractivity (Wildman–Crippen MR) is 86.5 cm³/mol. The summed E-state index contributed by atoms with van der Waals surface area (Å²) in [5.41, 5.74) is 0.302. The van der Waals surface area contributed by atoms with Crippen LogP contribution in [0.25, 0.3) is 0 Å². The fraction of sp³-hybridized carbons (Fsp3) is 0.412. The first-order chi connectivity index (χ1) is 11.1. The van der Waals surface area contributed by atoms with Crippen molar-refractivity contribution < 1.29 is 28.9 Å². The Labute approximate surface area is 136 Å². The fourth-order valence-electron chi connectivity index (χ4n) is 1.26. The summed E-state index contributed by atoms with van der Waals surface area (Å²) in [5.74, 6) is -1.22. The monoisotopic (exact) mass is 324 g/mol. The molecule has 0 amide bonds. The second kappa shape index (κ2) is 13.5. The van der Waals surface area contributed by atoms with Gasteiger partial charge < -0.3 is 19.3 Å². The number of aliphatic hydroxyl groups excluding tert-OH is 1. The average Bonchev–Trinajstić information content (AvgIpc) is 3.42. The molecule has 1 aromatic carbocycles. The number of hydrogen-bond donors (Lipinski definition) is 1. The van der Waals surface area contributed by atoms with E-state index >= 15 is 0 Å². The van der Waals surface area contributed by atoms with Crippen LogP contribution in [0.2, 0.25) is 0 Å². The third kappa shape index (κ3) is 10.2. The van der Waals surface area contributed by atoms with Crippen LogP contribution in [-0.2, 0) is 14.2 Å². The van der Waals surface area contributed by atoms with Crippen molar-refractivity contribution in [2.75, 3.05) is 33.0 Å². The van der Waals surface area contributed by atoms with Gasteiger partial charge in [-0.05, 0) is 26.0 Å². The topological polar surface area (TPSA) is 85.4 Å². The zero-order valence-corrected chi connectivity index (χ0v) is 13.6. The zero-order chi connectivity index (χ0) is 17.5. The van der Waals surface area contributed by atoms with E-state index in [0.717, 1.165) is 13.2 Å². The molecule has 1 fully saturated rings. The summed E-state index contributed by atoms with van der Waals surface area (Å²) in [6.07, 6.45) is 1.75. The van der Waals surface area contributed by atoms with E-state index in [1.807, 2.05) is 6.92 Å². The van der Waals surface area contributed by atoms with E-state index in [1.54, 1.807) is 25.1 Å². The van der Waals surface area contributed by atoms with Crippen LogP contribution in [0.4, 0.5) is 0 Å². The predicted octanol–water partition coefficient (Wildman–Crippen LogP) is 2.22. The molecular weight excluding hydrogens is 300 g/mol. The normalized spacial score (nSPS) is 10.9. The summed E-state index contributed by atoms with van der Waals surface area (Å²) in [7, 11) is 0. The SMILES string of the molecule is C1CO1.C=CC.CCOC(=O)c1ccccc1C(=O)OCCO. The molecule has 128 valence electrons. The first kappa shape index (κ1) is 20.8. The maximum atomic E-state index is 11.6. The third-order valence-electron chi connectivity index (χ3n) is 2.17. The second-order valence-electron chi connectivity index (χ2n) is 4.15. The smallest absolute Gasteiger partial charge is 0.339 e. The van der Waals surface area contributed by atoms with E-state index in [0.29, 0.717) is 0 Å². The number of epoxide rings is 1. The summed E-state index contributed by atoms with van der Waals surface area (Å²) in [6.45, 7) is 8.81. The van der Waals surface area contributed by atoms with Crippen molar-refractivity contribution in [2.45, 2.75) is 13.8 Å². The third-order valence-corrected chi connectivity index (χ3v) is 2.17. The molecule has 1 N–H and O–H groups in total. The molecular formula is C17H24O6. The Morgan fingerprint density at radius 3 is 2.00 bits per heavy atom. The molecule has 0 saturated carbocycles. The molecule has 1 aromatic rings. The van der Waals surface area contributed by atoms with Crippen molar-refractivity contribution >= 4 is 11.9 Å². The zero-order valence-electron chi connectivity index (χ0n) is 13.6. The largest absolute Gasteiger partial charge is 0.462 e. The number of aliphatic hydroxyl groups is 1. The standard InChI is InChI=1S/C12H14O5.C3H6.C2H4O/c1-2-16-11(14)9-5-3-4-6-10(9)12(15)17-8-7-13;1-3-2;1-2-3-1/h3-6,13H,2,7-8H2,1H3;3H,1H2,2H3;1-2H2. The Morgan fingerprint density at radius 2 is 1.65 bits per heavy atom. The highest BCUT2D eigenvalue weighted by Crippen LogP contribution is 2.11. The van der Waals surface area contributed by atoms with Gasteiger partial charge in [0.1, 0.15) is 6.61 Å². The van der Waals surface area contributed by atoms with Crippen LogP contribution < -0.4 is 0 Å². The van der Waals surface area contributed by atoms with Gasteiger partial charge in [-0.2, -0.15) is 0 Å². The molecule has 1 aliphatic heterocycles. The van der Waals surface area contributed by atoms with E-state index in [1.165, 1.54) is 12.1 Å². The van der Waals surface area contributed by atoms with Gasteiger partial charge in [-0.25, -0.2) is 9.59 Å². The highest BCUT2D eigenvalue weighted by atomic mass is 16.6. The molecule has 0 unspecified atom stereocenters. The molecule has 6 heteroatoms. The van der Waals surface area contributed by atoms with E-state index in [4.69, 9.17) is 14.6 Å². The van der Waals surface area contributed by atoms with Crippen LogP contribution in [0.15, 0.2) is 36.9 Å². The Morgan fingerprint density at radius 1 is 1.22 bits per heavy atom. The maximum absolute atomic E-state index is 11.6. The Kier molecular flexibility index (Phi) is 12.2. The second-order valence-corrected chi connectivity index (χ2v) is 4.15. The van der Waals surface area contributed by atoms with E-state index < -0.39 is 11.9 Å². The molecule has 1 aliphatic rings. The molecule has 0 radical (unpaired) electrons. The van der Waals surface area contributed by atoms with Crippen LogP contribution in [0.1, 0.15) is 34.6 Å². The van der Waals surface area contributed by atoms with Gasteiger partial charge in [0.05, 0.1) is 37.6 Å². The Balaban J connectivity index is 0.000000678. The molecule has 6 nitrogen and oxygen atoms in total. The molecule has 2 rings (SSSR count). The molecule has 1 saturated heterocycles. The van der Waals surface area contributed by atoms with Crippen molar-refractivity contribution in [1.29, 1.82) is 0 Å². The summed E-state index contributed by atoms with van der Waals surface area (Å²) >= 11 is 0. The summed E-state index contributed by atoms with van der Waals surface area (Å²) in [6, 6.07) is 6.23. The summed E-state index contributed by atoms with van der Waals surface area (Å²) in [5, 5.41) is 8.56. The van der Waals surface area contributed by atoms with Gasteiger partial charge in [0.2, 0.25) is 0 Å². The molecule has 0 bridgehead atoms. The lowest BCUT2D eigenvalue weighted by molar-refractivity contribution is 0.0415. The molecule has 0 atom stereocenters. The highest BCUT2D eigenvalue weighted by Gasteiger charge is 2.18. The van der Waals surface area contributed by atoms with Gasteiger partial charge >= 0.3 is 11.9 Å². The minimum absolute atomic E-state index is 0.101. The van der Waals surface area contributed by atoms with Crippen LogP contribution >= 0.6 is 0 Å². The number of allylic oxidation sites excluding steroid dienone is 1. The lowest BCUT2D eigenvalue weighted by Gasteiger charge is -2.08. The number of rotatable bonds is 5. The van der Waals surface area contributed by atoms with Gasteiger partial charge in [0.25, 0.3) is 0 Å². The van der Waals surface area contributed by atoms with Gasteiger partial charge in [-0.3, -0.25) is 0 Å². The minimum Gasteiger partial charge on any atom is -0.462 e. The number of hydrogen-bond acceptors (Lipinski definition) is 6. The van der Waals surface area contributed by atoms with Gasteiger partial charge in [0, 0.05) is 0 Å². The van der Waals surface area contributed by atoms with E-state index in [-0.39, 0.29) is 30.9 Å². The molecule has 1 heterocycles. The van der Waals surface area contributed by atoms with Gasteiger partial charge in [-0.1, -0.05) is 18.2 Å². The van der Waals surface area contributed by atoms with Crippen molar-refractivity contribution in [2.24, 2.45) is 0 Å². The van der Waals surface area contributed by atoms with E-state index in [2.05, 4.69) is 11.3 Å². The van der Waals surface area contributed by atoms with Crippen molar-refractivity contribution in [3.63, 3.8) is 0 Å². The Hall–Kier alpha value is -2.18. The first-order valence-electron chi connectivity index (χ1n) is 7.31. The van der Waals surface area contributed by atoms with Crippen molar-refractivity contribution in [3.05, 3.63) is 48.0 Å². The molecule has 23 heavy (non-hydrogen) atoms. The Bertz CT molecular complexity index is 479. The van der Waals surface area contributed by atoms with E-state index in [9.17, 15) is 9.59 Å². The number of esters is 2. The van der Waals surface area contributed by atoms with Crippen molar-refractivity contribution in [1.82, 2.24) is 0 Å². The number of carbonyl (C=O) groups excluding carboxylic acids is 2. The summed E-state index contributed by atoms with van der Waals surface area (Å²) in [4.78, 5) is 23.2. The molecule has 0 spiro atoms. The first-order valence-corrected chi connectivity index (χ1v) is 7.31. The van der Waals surface area contributed by atoms with Crippen LogP contribution in [-0.4, -0.2) is 50.1 Å². The van der Waals surface area contributed by atoms with Crippen LogP contribution in [0.5, 0.6) is 0 Å². The lowest BCUT2D eigenvalue weighted by Crippen LogP contribution is -2.15. The van der Waals surface area contributed by atoms with Crippen LogP contribution in [0.3, 0.4) is 0 Å². The average molecular weight is 324 g/mol.